The van der Waals surface area contributed by atoms with E-state index in [-0.39, 0.29) is 11.3 Å². The van der Waals surface area contributed by atoms with Crippen LogP contribution in [0.1, 0.15) is 17.2 Å². The molecule has 1 saturated heterocycles. The van der Waals surface area contributed by atoms with Gasteiger partial charge in [0.25, 0.3) is 11.7 Å². The Morgan fingerprint density at radius 3 is 2.09 bits per heavy atom. The van der Waals surface area contributed by atoms with Crippen LogP contribution in [0.15, 0.2) is 72.3 Å². The molecule has 4 rings (SSSR count). The number of carbonyl (C=O) groups is 2. The van der Waals surface area contributed by atoms with Gasteiger partial charge in [0.1, 0.15) is 11.5 Å². The molecule has 0 radical (unpaired) electrons. The summed E-state index contributed by atoms with van der Waals surface area (Å²) in [5.41, 5.74) is 1.35. The number of amides is 1. The summed E-state index contributed by atoms with van der Waals surface area (Å²) in [6, 6.07) is 17.3. The second-order valence-electron chi connectivity index (χ2n) is 7.49. The van der Waals surface area contributed by atoms with E-state index in [9.17, 15) is 14.7 Å². The van der Waals surface area contributed by atoms with Crippen molar-refractivity contribution in [3.63, 3.8) is 0 Å². The molecule has 0 aliphatic carbocycles. The molecule has 1 aliphatic heterocycles. The van der Waals surface area contributed by atoms with E-state index >= 15 is 0 Å². The SMILES string of the molecule is COc1ccc(N2C(=O)C(=O)/C(=C(/O)c3ccc(Cl)cc3)C2c2ccc(OC)c(OC)c2)cc1. The van der Waals surface area contributed by atoms with Gasteiger partial charge >= 0.3 is 0 Å². The van der Waals surface area contributed by atoms with Crippen molar-refractivity contribution in [1.82, 2.24) is 0 Å². The molecule has 8 heteroatoms. The molecule has 0 bridgehead atoms. The summed E-state index contributed by atoms with van der Waals surface area (Å²) in [5.74, 6) is -0.351. The van der Waals surface area contributed by atoms with Gasteiger partial charge in [-0.25, -0.2) is 0 Å². The molecule has 1 unspecified atom stereocenters. The molecule has 0 spiro atoms. The number of halogens is 1. The number of hydrogen-bond acceptors (Lipinski definition) is 6. The van der Waals surface area contributed by atoms with Gasteiger partial charge in [0.05, 0.1) is 32.9 Å². The van der Waals surface area contributed by atoms with Crippen molar-refractivity contribution in [3.8, 4) is 17.2 Å². The van der Waals surface area contributed by atoms with Crippen LogP contribution in [0, 0.1) is 0 Å². The van der Waals surface area contributed by atoms with Crippen LogP contribution < -0.4 is 19.1 Å². The summed E-state index contributed by atoms with van der Waals surface area (Å²) in [5, 5.41) is 11.6. The number of anilines is 1. The van der Waals surface area contributed by atoms with Crippen LogP contribution in [-0.2, 0) is 9.59 Å². The number of carbonyl (C=O) groups excluding carboxylic acids is 2. The first-order valence-corrected chi connectivity index (χ1v) is 10.7. The van der Waals surface area contributed by atoms with Gasteiger partial charge in [0, 0.05) is 16.3 Å². The van der Waals surface area contributed by atoms with Crippen molar-refractivity contribution in [2.75, 3.05) is 26.2 Å². The molecule has 174 valence electrons. The molecule has 34 heavy (non-hydrogen) atoms. The Morgan fingerprint density at radius 2 is 1.50 bits per heavy atom. The number of rotatable bonds is 6. The number of methoxy groups -OCH3 is 3. The number of hydrogen-bond donors (Lipinski definition) is 1. The predicted molar refractivity (Wildman–Crippen MR) is 129 cm³/mol. The highest BCUT2D eigenvalue weighted by Gasteiger charge is 2.47. The number of benzene rings is 3. The maximum Gasteiger partial charge on any atom is 0.300 e. The zero-order valence-corrected chi connectivity index (χ0v) is 19.5. The minimum atomic E-state index is -0.913. The largest absolute Gasteiger partial charge is 0.507 e. The van der Waals surface area contributed by atoms with Gasteiger partial charge in [-0.3, -0.25) is 14.5 Å². The van der Waals surface area contributed by atoms with Gasteiger partial charge in [-0.1, -0.05) is 17.7 Å². The first-order valence-electron chi connectivity index (χ1n) is 10.3. The number of aliphatic hydroxyl groups excluding tert-OH is 1. The van der Waals surface area contributed by atoms with Gasteiger partial charge in [0.2, 0.25) is 0 Å². The van der Waals surface area contributed by atoms with Gasteiger partial charge in [-0.05, 0) is 66.2 Å². The van der Waals surface area contributed by atoms with Crippen molar-refractivity contribution >= 4 is 34.7 Å². The number of Topliss-reactive ketones (excluding diaryl/α,β-unsaturated/α-hetero) is 1. The lowest BCUT2D eigenvalue weighted by Crippen LogP contribution is -2.29. The molecule has 0 saturated carbocycles. The van der Waals surface area contributed by atoms with E-state index in [2.05, 4.69) is 0 Å². The van der Waals surface area contributed by atoms with Gasteiger partial charge in [0.15, 0.2) is 11.5 Å². The fourth-order valence-corrected chi connectivity index (χ4v) is 4.07. The molecule has 1 atom stereocenters. The Kier molecular flexibility index (Phi) is 6.47. The van der Waals surface area contributed by atoms with Gasteiger partial charge < -0.3 is 19.3 Å². The van der Waals surface area contributed by atoms with Crippen LogP contribution in [0.2, 0.25) is 5.02 Å². The number of ketones is 1. The molecular formula is C26H22ClNO6. The van der Waals surface area contributed by atoms with Crippen LogP contribution in [-0.4, -0.2) is 38.1 Å². The lowest BCUT2D eigenvalue weighted by Gasteiger charge is -2.26. The second kappa shape index (κ2) is 9.49. The predicted octanol–water partition coefficient (Wildman–Crippen LogP) is 4.99. The van der Waals surface area contributed by atoms with E-state index in [1.807, 2.05) is 0 Å². The van der Waals surface area contributed by atoms with Crippen molar-refractivity contribution in [2.24, 2.45) is 0 Å². The summed E-state index contributed by atoms with van der Waals surface area (Å²) in [6.07, 6.45) is 0. The van der Waals surface area contributed by atoms with Crippen molar-refractivity contribution in [2.45, 2.75) is 6.04 Å². The second-order valence-corrected chi connectivity index (χ2v) is 7.92. The standard InChI is InChI=1S/C26H22ClNO6/c1-32-19-11-9-18(10-12-19)28-23(16-6-13-20(33-2)21(14-16)34-3)22(25(30)26(28)31)24(29)15-4-7-17(27)8-5-15/h4-14,23,29H,1-3H3/b24-22+. The first kappa shape index (κ1) is 23.2. The summed E-state index contributed by atoms with van der Waals surface area (Å²) < 4.78 is 16.0. The lowest BCUT2D eigenvalue weighted by molar-refractivity contribution is -0.132. The van der Waals surface area contributed by atoms with E-state index < -0.39 is 17.7 Å². The van der Waals surface area contributed by atoms with Crippen LogP contribution >= 0.6 is 11.6 Å². The number of aliphatic hydroxyl groups is 1. The summed E-state index contributed by atoms with van der Waals surface area (Å²) in [7, 11) is 4.55. The highest BCUT2D eigenvalue weighted by atomic mass is 35.5. The topological polar surface area (TPSA) is 85.3 Å². The summed E-state index contributed by atoms with van der Waals surface area (Å²) in [4.78, 5) is 27.8. The average Bonchev–Trinajstić information content (AvgIpc) is 3.13. The maximum absolute atomic E-state index is 13.2. The average molecular weight is 480 g/mol. The molecular weight excluding hydrogens is 458 g/mol. The Balaban J connectivity index is 1.94. The third-order valence-corrected chi connectivity index (χ3v) is 5.89. The molecule has 1 aliphatic rings. The number of ether oxygens (including phenoxy) is 3. The van der Waals surface area contributed by atoms with E-state index in [0.29, 0.717) is 39.1 Å². The molecule has 1 heterocycles. The van der Waals surface area contributed by atoms with Crippen LogP contribution in [0.4, 0.5) is 5.69 Å². The van der Waals surface area contributed by atoms with E-state index in [1.54, 1.807) is 66.7 Å². The zero-order chi connectivity index (χ0) is 24.4. The molecule has 1 N–H and O–H groups in total. The third-order valence-electron chi connectivity index (χ3n) is 5.64. The molecule has 0 aromatic heterocycles. The summed E-state index contributed by atoms with van der Waals surface area (Å²) in [6.45, 7) is 0. The molecule has 3 aromatic rings. The number of nitrogens with zero attached hydrogens (tertiary/aromatic N) is 1. The highest BCUT2D eigenvalue weighted by Crippen LogP contribution is 2.44. The smallest absolute Gasteiger partial charge is 0.300 e. The molecule has 1 fully saturated rings. The Bertz CT molecular complexity index is 1270. The highest BCUT2D eigenvalue weighted by molar-refractivity contribution is 6.51. The fourth-order valence-electron chi connectivity index (χ4n) is 3.94. The lowest BCUT2D eigenvalue weighted by atomic mass is 9.94. The minimum absolute atomic E-state index is 0.0460. The molecule has 1 amide bonds. The fraction of sp³-hybridized carbons (Fsp3) is 0.154. The van der Waals surface area contributed by atoms with Gasteiger partial charge in [-0.2, -0.15) is 0 Å². The van der Waals surface area contributed by atoms with Crippen molar-refractivity contribution < 1.29 is 28.9 Å². The maximum atomic E-state index is 13.2. The van der Waals surface area contributed by atoms with Crippen LogP contribution in [0.25, 0.3) is 5.76 Å². The third kappa shape index (κ3) is 4.06. The van der Waals surface area contributed by atoms with Crippen molar-refractivity contribution in [1.29, 1.82) is 0 Å². The van der Waals surface area contributed by atoms with E-state index in [1.165, 1.54) is 26.2 Å². The monoisotopic (exact) mass is 479 g/mol. The van der Waals surface area contributed by atoms with E-state index in [4.69, 9.17) is 25.8 Å². The summed E-state index contributed by atoms with van der Waals surface area (Å²) >= 11 is 5.98. The zero-order valence-electron chi connectivity index (χ0n) is 18.7. The molecule has 3 aromatic carbocycles. The Hall–Kier alpha value is -3.97. The normalized spacial score (nSPS) is 17.1. The first-order chi connectivity index (χ1) is 16.4. The van der Waals surface area contributed by atoms with Crippen molar-refractivity contribution in [3.05, 3.63) is 88.5 Å². The van der Waals surface area contributed by atoms with Crippen LogP contribution in [0.5, 0.6) is 17.2 Å². The Morgan fingerprint density at radius 1 is 0.853 bits per heavy atom. The quantitative estimate of drug-likeness (QED) is 0.304. The Labute approximate surface area is 201 Å². The van der Waals surface area contributed by atoms with Crippen LogP contribution in [0.3, 0.4) is 0 Å². The minimum Gasteiger partial charge on any atom is -0.507 e. The van der Waals surface area contributed by atoms with E-state index in [0.717, 1.165) is 0 Å². The van der Waals surface area contributed by atoms with Gasteiger partial charge in [-0.15, -0.1) is 0 Å². The molecule has 7 nitrogen and oxygen atoms in total.